The highest BCUT2D eigenvalue weighted by molar-refractivity contribution is 5.84. The molecule has 0 unspecified atom stereocenters. The number of ether oxygens (including phenoxy) is 1. The maximum absolute atomic E-state index is 12.4. The van der Waals surface area contributed by atoms with Crippen LogP contribution in [0.5, 0.6) is 0 Å². The van der Waals surface area contributed by atoms with Crippen LogP contribution in [0, 0.1) is 0 Å². The van der Waals surface area contributed by atoms with Crippen molar-refractivity contribution < 1.29 is 14.6 Å². The first-order valence-electron chi connectivity index (χ1n) is 7.52. The first-order valence-corrected chi connectivity index (χ1v) is 7.52. The zero-order valence-electron chi connectivity index (χ0n) is 12.6. The van der Waals surface area contributed by atoms with Gasteiger partial charge in [0.15, 0.2) is 0 Å². The molecule has 2 N–H and O–H groups in total. The van der Waals surface area contributed by atoms with Crippen LogP contribution in [-0.2, 0) is 17.8 Å². The van der Waals surface area contributed by atoms with Crippen molar-refractivity contribution in [3.05, 3.63) is 64.1 Å². The summed E-state index contributed by atoms with van der Waals surface area (Å²) in [6, 6.07) is 12.5. The van der Waals surface area contributed by atoms with Crippen LogP contribution < -0.4 is 10.9 Å². The predicted octanol–water partition coefficient (Wildman–Crippen LogP) is 2.08. The Labute approximate surface area is 133 Å². The molecular weight excluding hydrogens is 296 g/mol. The van der Waals surface area contributed by atoms with Gasteiger partial charge in [0.05, 0.1) is 12.6 Å². The summed E-state index contributed by atoms with van der Waals surface area (Å²) in [5, 5.41) is 11.8. The molecule has 120 valence electrons. The highest BCUT2D eigenvalue weighted by atomic mass is 16.5. The van der Waals surface area contributed by atoms with E-state index in [9.17, 15) is 14.7 Å². The van der Waals surface area contributed by atoms with E-state index in [4.69, 9.17) is 4.74 Å². The van der Waals surface area contributed by atoms with Gasteiger partial charge in [-0.15, -0.1) is 0 Å². The van der Waals surface area contributed by atoms with Gasteiger partial charge in [-0.05, 0) is 30.5 Å². The number of amides is 1. The van der Waals surface area contributed by atoms with Gasteiger partial charge in [0, 0.05) is 5.69 Å². The number of anilines is 1. The summed E-state index contributed by atoms with van der Waals surface area (Å²) in [7, 11) is 0. The maximum atomic E-state index is 12.4. The first kappa shape index (κ1) is 15.3. The number of aliphatic hydroxyl groups excluding tert-OH is 1. The number of hydrogen-bond acceptors (Lipinski definition) is 4. The molecule has 2 heterocycles. The zero-order chi connectivity index (χ0) is 16.2. The number of pyridine rings is 1. The third-order valence-corrected chi connectivity index (χ3v) is 3.96. The van der Waals surface area contributed by atoms with Crippen molar-refractivity contribution in [2.75, 3.05) is 11.9 Å². The molecule has 0 aliphatic carbocycles. The van der Waals surface area contributed by atoms with Gasteiger partial charge in [-0.3, -0.25) is 10.1 Å². The fraction of sp³-hybridized carbons (Fsp3) is 0.294. The second kappa shape index (κ2) is 6.66. The van der Waals surface area contributed by atoms with Crippen molar-refractivity contribution in [3.8, 4) is 0 Å². The van der Waals surface area contributed by atoms with Crippen molar-refractivity contribution in [2.24, 2.45) is 0 Å². The molecule has 6 nitrogen and oxygen atoms in total. The fourth-order valence-corrected chi connectivity index (χ4v) is 2.78. The van der Waals surface area contributed by atoms with Crippen molar-refractivity contribution >= 4 is 11.8 Å². The second-order valence-electron chi connectivity index (χ2n) is 5.48. The van der Waals surface area contributed by atoms with Gasteiger partial charge < -0.3 is 14.4 Å². The van der Waals surface area contributed by atoms with Gasteiger partial charge in [0.1, 0.15) is 12.3 Å². The summed E-state index contributed by atoms with van der Waals surface area (Å²) in [6.45, 7) is 0.0486. The van der Waals surface area contributed by atoms with E-state index in [1.807, 2.05) is 30.3 Å². The fourth-order valence-electron chi connectivity index (χ4n) is 2.78. The third kappa shape index (κ3) is 3.27. The monoisotopic (exact) mass is 314 g/mol. The number of fused-ring (bicyclic) bond motifs is 1. The molecule has 6 heteroatoms. The molecule has 1 atom stereocenters. The van der Waals surface area contributed by atoms with E-state index in [0.717, 1.165) is 24.1 Å². The normalized spacial score (nSPS) is 16.0. The maximum Gasteiger partial charge on any atom is 0.412 e. The Hall–Kier alpha value is -2.60. The van der Waals surface area contributed by atoms with Crippen LogP contribution in [0.1, 0.15) is 23.7 Å². The van der Waals surface area contributed by atoms with Crippen LogP contribution in [0.2, 0.25) is 0 Å². The molecule has 1 aromatic carbocycles. The Morgan fingerprint density at radius 1 is 1.26 bits per heavy atom. The topological polar surface area (TPSA) is 80.6 Å². The van der Waals surface area contributed by atoms with Gasteiger partial charge in [-0.2, -0.15) is 0 Å². The molecule has 1 amide bonds. The lowest BCUT2D eigenvalue weighted by molar-refractivity contribution is 0.155. The molecule has 1 aromatic heterocycles. The third-order valence-electron chi connectivity index (χ3n) is 3.96. The van der Waals surface area contributed by atoms with Crippen molar-refractivity contribution in [1.29, 1.82) is 0 Å². The zero-order valence-corrected chi connectivity index (χ0v) is 12.6. The predicted molar refractivity (Wildman–Crippen MR) is 85.4 cm³/mol. The molecule has 0 spiro atoms. The van der Waals surface area contributed by atoms with Crippen LogP contribution >= 0.6 is 0 Å². The smallest absolute Gasteiger partial charge is 0.412 e. The Balaban J connectivity index is 1.69. The van der Waals surface area contributed by atoms with E-state index >= 15 is 0 Å². The number of aryl methyl sites for hydroxylation is 1. The number of nitrogens with one attached hydrogen (secondary N) is 1. The summed E-state index contributed by atoms with van der Waals surface area (Å²) in [5.41, 5.74) is 1.59. The Morgan fingerprint density at radius 2 is 2.04 bits per heavy atom. The number of rotatable bonds is 4. The number of hydrogen-bond donors (Lipinski definition) is 2. The number of carbonyl (C=O) groups excluding carboxylic acids is 1. The summed E-state index contributed by atoms with van der Waals surface area (Å²) in [6.07, 6.45) is 0.803. The molecule has 0 bridgehead atoms. The second-order valence-corrected chi connectivity index (χ2v) is 5.48. The molecule has 1 aliphatic rings. The van der Waals surface area contributed by atoms with Crippen LogP contribution in [0.15, 0.2) is 47.3 Å². The average Bonchev–Trinajstić information content (AvgIpc) is 3.00. The van der Waals surface area contributed by atoms with Crippen molar-refractivity contribution in [1.82, 2.24) is 4.57 Å². The number of aliphatic hydroxyl groups is 1. The molecular formula is C17H18N2O4. The molecule has 3 rings (SSSR count). The number of nitrogens with zero attached hydrogens (tertiary/aromatic N) is 1. The number of benzene rings is 1. The van der Waals surface area contributed by atoms with Gasteiger partial charge in [0.2, 0.25) is 0 Å². The highest BCUT2D eigenvalue weighted by Crippen LogP contribution is 2.23. The molecule has 0 saturated heterocycles. The largest absolute Gasteiger partial charge is 0.444 e. The molecule has 0 fully saturated rings. The quantitative estimate of drug-likeness (QED) is 0.905. The van der Waals surface area contributed by atoms with E-state index in [0.29, 0.717) is 0 Å². The van der Waals surface area contributed by atoms with Crippen molar-refractivity contribution in [3.63, 3.8) is 0 Å². The summed E-state index contributed by atoms with van der Waals surface area (Å²) in [4.78, 5) is 24.3. The minimum atomic E-state index is -0.676. The molecule has 23 heavy (non-hydrogen) atoms. The molecule has 2 aromatic rings. The van der Waals surface area contributed by atoms with E-state index < -0.39 is 6.09 Å². The number of carbonyl (C=O) groups is 1. The van der Waals surface area contributed by atoms with Gasteiger partial charge in [-0.1, -0.05) is 30.3 Å². The number of aromatic nitrogens is 1. The van der Waals surface area contributed by atoms with Gasteiger partial charge >= 0.3 is 6.09 Å². The van der Waals surface area contributed by atoms with Crippen LogP contribution in [-0.4, -0.2) is 22.4 Å². The van der Waals surface area contributed by atoms with E-state index in [2.05, 4.69) is 5.32 Å². The van der Waals surface area contributed by atoms with Crippen LogP contribution in [0.4, 0.5) is 10.5 Å². The van der Waals surface area contributed by atoms with E-state index in [1.165, 1.54) is 0 Å². The van der Waals surface area contributed by atoms with Gasteiger partial charge in [-0.25, -0.2) is 4.79 Å². The summed E-state index contributed by atoms with van der Waals surface area (Å²) in [5.74, 6) is 0. The molecule has 0 saturated carbocycles. The summed E-state index contributed by atoms with van der Waals surface area (Å²) < 4.78 is 6.66. The van der Waals surface area contributed by atoms with Crippen molar-refractivity contribution in [2.45, 2.75) is 25.5 Å². The molecule has 0 radical (unpaired) electrons. The Kier molecular flexibility index (Phi) is 4.43. The summed E-state index contributed by atoms with van der Waals surface area (Å²) >= 11 is 0. The Morgan fingerprint density at radius 3 is 2.78 bits per heavy atom. The average molecular weight is 314 g/mol. The lowest BCUT2D eigenvalue weighted by atomic mass is 10.2. The van der Waals surface area contributed by atoms with E-state index in [-0.39, 0.29) is 30.5 Å². The minimum absolute atomic E-state index is 0.0885. The lowest BCUT2D eigenvalue weighted by Crippen LogP contribution is -2.29. The van der Waals surface area contributed by atoms with Gasteiger partial charge in [0.25, 0.3) is 5.56 Å². The minimum Gasteiger partial charge on any atom is -0.444 e. The first-order chi connectivity index (χ1) is 11.2. The standard InChI is InChI=1S/C17H18N2O4/c20-10-14-7-6-13-8-9-15(16(21)19(13)14)18-17(22)23-11-12-4-2-1-3-5-12/h1-5,8-9,14,20H,6-7,10-11H2,(H,18,22)/t14-/m0/s1. The lowest BCUT2D eigenvalue weighted by Gasteiger charge is -2.13. The molecule has 1 aliphatic heterocycles. The van der Waals surface area contributed by atoms with Crippen LogP contribution in [0.3, 0.4) is 0 Å². The SMILES string of the molecule is O=C(Nc1ccc2n(c1=O)[C@H](CO)CC2)OCc1ccccc1. The van der Waals surface area contributed by atoms with E-state index in [1.54, 1.807) is 16.7 Å². The van der Waals surface area contributed by atoms with Crippen LogP contribution in [0.25, 0.3) is 0 Å². The Bertz CT molecular complexity index is 755. The highest BCUT2D eigenvalue weighted by Gasteiger charge is 2.24.